The lowest BCUT2D eigenvalue weighted by molar-refractivity contribution is -0.117. The topological polar surface area (TPSA) is 89.3 Å². The Morgan fingerprint density at radius 3 is 2.15 bits per heavy atom. The van der Waals surface area contributed by atoms with E-state index in [9.17, 15) is 13.2 Å². The lowest BCUT2D eigenvalue weighted by Crippen LogP contribution is -2.38. The summed E-state index contributed by atoms with van der Waals surface area (Å²) in [4.78, 5) is 12.1. The van der Waals surface area contributed by atoms with Gasteiger partial charge in [0, 0.05) is 24.4 Å². The summed E-state index contributed by atoms with van der Waals surface area (Å²) in [5.41, 5.74) is 6.36. The van der Waals surface area contributed by atoms with Gasteiger partial charge in [0.15, 0.2) is 9.84 Å². The molecule has 1 atom stereocenters. The minimum atomic E-state index is -3.22. The molecule has 0 aliphatic carbocycles. The Balaban J connectivity index is 2.68. The van der Waals surface area contributed by atoms with Crippen LogP contribution in [0.1, 0.15) is 27.2 Å². The number of nitrogens with two attached hydrogens (primary N) is 1. The van der Waals surface area contributed by atoms with Crippen LogP contribution in [0.3, 0.4) is 0 Å². The molecule has 0 aliphatic heterocycles. The second-order valence-corrected chi connectivity index (χ2v) is 8.04. The van der Waals surface area contributed by atoms with Gasteiger partial charge in [0.1, 0.15) is 0 Å². The zero-order chi connectivity index (χ0) is 15.6. The Morgan fingerprint density at radius 1 is 1.25 bits per heavy atom. The zero-order valence-electron chi connectivity index (χ0n) is 12.3. The summed E-state index contributed by atoms with van der Waals surface area (Å²) < 4.78 is 22.6. The highest BCUT2D eigenvalue weighted by atomic mass is 32.2. The maximum atomic E-state index is 11.8. The fraction of sp³-hybridized carbons (Fsp3) is 0.500. The second kappa shape index (κ2) is 5.93. The largest absolute Gasteiger partial charge is 0.327 e. The van der Waals surface area contributed by atoms with Crippen LogP contribution >= 0.6 is 0 Å². The van der Waals surface area contributed by atoms with Crippen molar-refractivity contribution in [1.29, 1.82) is 0 Å². The summed E-state index contributed by atoms with van der Waals surface area (Å²) in [6.07, 6.45) is 1.36. The molecule has 112 valence electrons. The highest BCUT2D eigenvalue weighted by Gasteiger charge is 2.23. The van der Waals surface area contributed by atoms with Crippen LogP contribution in [0.25, 0.3) is 0 Å². The van der Waals surface area contributed by atoms with Gasteiger partial charge in [-0.05, 0) is 29.7 Å². The number of amides is 1. The molecular weight excluding hydrogens is 276 g/mol. The third-order valence-electron chi connectivity index (χ3n) is 3.08. The summed E-state index contributed by atoms with van der Waals surface area (Å²) in [7, 11) is -3.22. The summed E-state index contributed by atoms with van der Waals surface area (Å²) >= 11 is 0. The lowest BCUT2D eigenvalue weighted by atomic mass is 9.85. The molecule has 0 aliphatic rings. The van der Waals surface area contributed by atoms with Crippen LogP contribution in [0.2, 0.25) is 0 Å². The number of anilines is 1. The van der Waals surface area contributed by atoms with Crippen molar-refractivity contribution >= 4 is 21.4 Å². The molecule has 20 heavy (non-hydrogen) atoms. The highest BCUT2D eigenvalue weighted by molar-refractivity contribution is 7.90. The van der Waals surface area contributed by atoms with Crippen molar-refractivity contribution in [2.45, 2.75) is 38.1 Å². The summed E-state index contributed by atoms with van der Waals surface area (Å²) in [6.45, 7) is 5.93. The molecule has 1 unspecified atom stereocenters. The predicted octanol–water partition coefficient (Wildman–Crippen LogP) is 1.79. The quantitative estimate of drug-likeness (QED) is 0.887. The van der Waals surface area contributed by atoms with E-state index in [2.05, 4.69) is 5.32 Å². The number of carbonyl (C=O) groups excluding carboxylic acids is 1. The second-order valence-electron chi connectivity index (χ2n) is 6.02. The summed E-state index contributed by atoms with van der Waals surface area (Å²) in [5.74, 6) is -0.181. The van der Waals surface area contributed by atoms with Gasteiger partial charge in [0.05, 0.1) is 4.90 Å². The van der Waals surface area contributed by atoms with Gasteiger partial charge >= 0.3 is 0 Å². The van der Waals surface area contributed by atoms with Gasteiger partial charge in [-0.15, -0.1) is 0 Å². The van der Waals surface area contributed by atoms with Crippen molar-refractivity contribution in [3.63, 3.8) is 0 Å². The highest BCUT2D eigenvalue weighted by Crippen LogP contribution is 2.20. The molecule has 1 amide bonds. The van der Waals surface area contributed by atoms with Crippen LogP contribution in [0, 0.1) is 5.41 Å². The van der Waals surface area contributed by atoms with Crippen LogP contribution in [-0.4, -0.2) is 26.6 Å². The van der Waals surface area contributed by atoms with E-state index in [0.717, 1.165) is 6.26 Å². The van der Waals surface area contributed by atoms with Crippen LogP contribution in [0.4, 0.5) is 5.69 Å². The Morgan fingerprint density at radius 2 is 1.75 bits per heavy atom. The van der Waals surface area contributed by atoms with E-state index in [0.29, 0.717) is 5.69 Å². The van der Waals surface area contributed by atoms with Crippen molar-refractivity contribution < 1.29 is 13.2 Å². The first kappa shape index (κ1) is 16.7. The average Bonchev–Trinajstić information content (AvgIpc) is 2.26. The van der Waals surface area contributed by atoms with Crippen molar-refractivity contribution in [1.82, 2.24) is 0 Å². The maximum absolute atomic E-state index is 11.8. The molecule has 0 fully saturated rings. The van der Waals surface area contributed by atoms with Gasteiger partial charge in [0.25, 0.3) is 0 Å². The van der Waals surface area contributed by atoms with E-state index in [1.165, 1.54) is 12.1 Å². The Labute approximate surface area is 120 Å². The molecular formula is C14H22N2O3S. The minimum Gasteiger partial charge on any atom is -0.327 e. The SMILES string of the molecule is CC(C)(C)C(N)CC(=O)Nc1ccc(S(C)(=O)=O)cc1. The van der Waals surface area contributed by atoms with Gasteiger partial charge < -0.3 is 11.1 Å². The fourth-order valence-electron chi connectivity index (χ4n) is 1.50. The van der Waals surface area contributed by atoms with Crippen LogP contribution in [0.5, 0.6) is 0 Å². The Kier molecular flexibility index (Phi) is 4.94. The summed E-state index contributed by atoms with van der Waals surface area (Å²) in [6, 6.07) is 5.83. The van der Waals surface area contributed by atoms with E-state index in [-0.39, 0.29) is 28.7 Å². The van der Waals surface area contributed by atoms with Gasteiger partial charge in [-0.25, -0.2) is 8.42 Å². The fourth-order valence-corrected chi connectivity index (χ4v) is 2.13. The van der Waals surface area contributed by atoms with E-state index < -0.39 is 9.84 Å². The van der Waals surface area contributed by atoms with Gasteiger partial charge in [-0.1, -0.05) is 20.8 Å². The molecule has 0 heterocycles. The molecule has 0 spiro atoms. The molecule has 3 N–H and O–H groups in total. The van der Waals surface area contributed by atoms with E-state index in [4.69, 9.17) is 5.73 Å². The third kappa shape index (κ3) is 4.94. The standard InChI is InChI=1S/C14H22N2O3S/c1-14(2,3)12(15)9-13(17)16-10-5-7-11(8-6-10)20(4,18)19/h5-8,12H,9,15H2,1-4H3,(H,16,17). The first-order valence-electron chi connectivity index (χ1n) is 6.36. The number of hydrogen-bond acceptors (Lipinski definition) is 4. The predicted molar refractivity (Wildman–Crippen MR) is 80.2 cm³/mol. The normalized spacial score (nSPS) is 13.8. The first-order valence-corrected chi connectivity index (χ1v) is 8.25. The number of rotatable bonds is 4. The minimum absolute atomic E-state index is 0.141. The molecule has 0 saturated heterocycles. The molecule has 1 aromatic rings. The van der Waals surface area contributed by atoms with Gasteiger partial charge in [-0.3, -0.25) is 4.79 Å². The van der Waals surface area contributed by atoms with Crippen molar-refractivity contribution in [3.05, 3.63) is 24.3 Å². The number of hydrogen-bond donors (Lipinski definition) is 2. The number of sulfone groups is 1. The van der Waals surface area contributed by atoms with Crippen molar-refractivity contribution in [2.75, 3.05) is 11.6 Å². The number of nitrogens with one attached hydrogen (secondary N) is 1. The average molecular weight is 298 g/mol. The zero-order valence-corrected chi connectivity index (χ0v) is 13.1. The molecule has 1 aromatic carbocycles. The first-order chi connectivity index (χ1) is 9.00. The maximum Gasteiger partial charge on any atom is 0.225 e. The van der Waals surface area contributed by atoms with Gasteiger partial charge in [-0.2, -0.15) is 0 Å². The number of benzene rings is 1. The molecule has 0 radical (unpaired) electrons. The third-order valence-corrected chi connectivity index (χ3v) is 4.21. The van der Waals surface area contributed by atoms with Crippen molar-refractivity contribution in [2.24, 2.45) is 11.1 Å². The van der Waals surface area contributed by atoms with Crippen LogP contribution in [-0.2, 0) is 14.6 Å². The van der Waals surface area contributed by atoms with Gasteiger partial charge in [0.2, 0.25) is 5.91 Å². The van der Waals surface area contributed by atoms with Crippen molar-refractivity contribution in [3.8, 4) is 0 Å². The Bertz CT molecular complexity index is 571. The smallest absolute Gasteiger partial charge is 0.225 e. The molecule has 5 nitrogen and oxygen atoms in total. The molecule has 6 heteroatoms. The summed E-state index contributed by atoms with van der Waals surface area (Å²) in [5, 5.41) is 2.71. The monoisotopic (exact) mass is 298 g/mol. The van der Waals surface area contributed by atoms with E-state index in [1.807, 2.05) is 20.8 Å². The molecule has 1 rings (SSSR count). The van der Waals surface area contributed by atoms with E-state index >= 15 is 0 Å². The molecule has 0 aromatic heterocycles. The Hall–Kier alpha value is -1.40. The lowest BCUT2D eigenvalue weighted by Gasteiger charge is -2.26. The number of carbonyl (C=O) groups is 1. The van der Waals surface area contributed by atoms with Crippen LogP contribution in [0.15, 0.2) is 29.2 Å². The molecule has 0 bridgehead atoms. The molecule has 0 saturated carbocycles. The van der Waals surface area contributed by atoms with Crippen LogP contribution < -0.4 is 11.1 Å². The van der Waals surface area contributed by atoms with E-state index in [1.54, 1.807) is 12.1 Å².